The number of hydrogen-bond acceptors (Lipinski definition) is 4. The third-order valence-corrected chi connectivity index (χ3v) is 4.50. The highest BCUT2D eigenvalue weighted by atomic mass is 79.9. The lowest BCUT2D eigenvalue weighted by Crippen LogP contribution is -1.98. The van der Waals surface area contributed by atoms with Gasteiger partial charge >= 0.3 is 0 Å². The molecule has 0 radical (unpaired) electrons. The second-order valence-electron chi connectivity index (χ2n) is 4.32. The number of nitrogens with zero attached hydrogens (tertiary/aromatic N) is 3. The van der Waals surface area contributed by atoms with Crippen LogP contribution in [0.2, 0.25) is 0 Å². The van der Waals surface area contributed by atoms with Gasteiger partial charge < -0.3 is 0 Å². The lowest BCUT2D eigenvalue weighted by atomic mass is 10.2. The van der Waals surface area contributed by atoms with Crippen LogP contribution in [-0.2, 0) is 0 Å². The maximum Gasteiger partial charge on any atom is 0.153 e. The van der Waals surface area contributed by atoms with Gasteiger partial charge in [-0.25, -0.2) is 9.67 Å². The molecule has 6 heteroatoms. The van der Waals surface area contributed by atoms with Gasteiger partial charge in [0.1, 0.15) is 5.69 Å². The summed E-state index contributed by atoms with van der Waals surface area (Å²) >= 11 is 4.95. The molecule has 3 aromatic heterocycles. The Balaban J connectivity index is 2.11. The summed E-state index contributed by atoms with van der Waals surface area (Å²) in [6, 6.07) is 5.80. The lowest BCUT2D eigenvalue weighted by Gasteiger charge is -2.00. The Labute approximate surface area is 128 Å². The van der Waals surface area contributed by atoms with Gasteiger partial charge in [-0.3, -0.25) is 4.79 Å². The average Bonchev–Trinajstić information content (AvgIpc) is 3.04. The fourth-order valence-electron chi connectivity index (χ4n) is 1.87. The summed E-state index contributed by atoms with van der Waals surface area (Å²) in [6.07, 6.45) is 4.26. The number of aldehydes is 1. The second kappa shape index (κ2) is 5.30. The predicted octanol–water partition coefficient (Wildman–Crippen LogP) is 3.88. The molecule has 0 aliphatic carbocycles. The fraction of sp³-hybridized carbons (Fsp3) is 0.0714. The van der Waals surface area contributed by atoms with E-state index in [1.165, 1.54) is 0 Å². The largest absolute Gasteiger partial charge is 0.298 e. The quantitative estimate of drug-likeness (QED) is 0.675. The molecule has 0 aliphatic heterocycles. The van der Waals surface area contributed by atoms with Crippen LogP contribution in [0.4, 0.5) is 0 Å². The number of carbonyl (C=O) groups excluding carboxylic acids is 1. The van der Waals surface area contributed by atoms with Gasteiger partial charge in [0.05, 0.1) is 10.4 Å². The minimum Gasteiger partial charge on any atom is -0.298 e. The number of rotatable bonds is 3. The zero-order chi connectivity index (χ0) is 14.1. The van der Waals surface area contributed by atoms with Crippen LogP contribution >= 0.6 is 27.3 Å². The van der Waals surface area contributed by atoms with Gasteiger partial charge in [0.25, 0.3) is 0 Å². The predicted molar refractivity (Wildman–Crippen MR) is 82.5 cm³/mol. The van der Waals surface area contributed by atoms with Crippen LogP contribution < -0.4 is 0 Å². The summed E-state index contributed by atoms with van der Waals surface area (Å²) in [4.78, 5) is 16.5. The van der Waals surface area contributed by atoms with Gasteiger partial charge in [0, 0.05) is 22.2 Å². The third kappa shape index (κ3) is 2.44. The van der Waals surface area contributed by atoms with Crippen LogP contribution in [0.3, 0.4) is 0 Å². The minimum atomic E-state index is 0.558. The average molecular weight is 348 g/mol. The van der Waals surface area contributed by atoms with Crippen molar-refractivity contribution in [1.82, 2.24) is 14.8 Å². The van der Waals surface area contributed by atoms with E-state index in [0.717, 1.165) is 21.2 Å². The van der Waals surface area contributed by atoms with Gasteiger partial charge in [-0.15, -0.1) is 11.3 Å². The van der Waals surface area contributed by atoms with E-state index in [4.69, 9.17) is 0 Å². The van der Waals surface area contributed by atoms with E-state index >= 15 is 0 Å². The van der Waals surface area contributed by atoms with Gasteiger partial charge in [0.15, 0.2) is 12.1 Å². The Morgan fingerprint density at radius 2 is 2.25 bits per heavy atom. The molecule has 3 rings (SSSR count). The van der Waals surface area contributed by atoms with Gasteiger partial charge in [0.2, 0.25) is 0 Å². The summed E-state index contributed by atoms with van der Waals surface area (Å²) in [7, 11) is 0. The molecule has 0 atom stereocenters. The summed E-state index contributed by atoms with van der Waals surface area (Å²) in [6.45, 7) is 1.99. The number of carbonyl (C=O) groups is 1. The van der Waals surface area contributed by atoms with E-state index < -0.39 is 0 Å². The molecule has 0 spiro atoms. The van der Waals surface area contributed by atoms with Crippen molar-refractivity contribution in [2.75, 3.05) is 0 Å². The Morgan fingerprint density at radius 1 is 1.40 bits per heavy atom. The first kappa shape index (κ1) is 13.2. The highest BCUT2D eigenvalue weighted by Gasteiger charge is 2.14. The van der Waals surface area contributed by atoms with Crippen LogP contribution in [0.5, 0.6) is 0 Å². The van der Waals surface area contributed by atoms with Crippen molar-refractivity contribution in [2.45, 2.75) is 6.92 Å². The second-order valence-corrected chi connectivity index (χ2v) is 6.14. The summed E-state index contributed by atoms with van der Waals surface area (Å²) in [5, 5.41) is 6.45. The van der Waals surface area contributed by atoms with E-state index in [9.17, 15) is 4.79 Å². The monoisotopic (exact) mass is 347 g/mol. The molecule has 0 N–H and O–H groups in total. The first-order chi connectivity index (χ1) is 9.67. The maximum atomic E-state index is 11.2. The normalized spacial score (nSPS) is 10.7. The summed E-state index contributed by atoms with van der Waals surface area (Å²) in [5.41, 5.74) is 2.33. The highest BCUT2D eigenvalue weighted by molar-refractivity contribution is 9.10. The van der Waals surface area contributed by atoms with Gasteiger partial charge in [-0.05, 0) is 46.6 Å². The van der Waals surface area contributed by atoms with Crippen molar-refractivity contribution in [2.24, 2.45) is 0 Å². The molecule has 0 unspecified atom stereocenters. The standard InChI is InChI=1S/C14H10BrN3OS/c1-9-2-3-16-13(4-9)18-6-10(7-19)14(17-18)12-5-11(15)8-20-12/h2-8H,1H3. The number of aromatic nitrogens is 3. The molecule has 100 valence electrons. The Morgan fingerprint density at radius 3 is 2.90 bits per heavy atom. The number of pyridine rings is 1. The summed E-state index contributed by atoms with van der Waals surface area (Å²) < 4.78 is 2.62. The van der Waals surface area contributed by atoms with Crippen molar-refractivity contribution in [3.63, 3.8) is 0 Å². The first-order valence-electron chi connectivity index (χ1n) is 5.89. The summed E-state index contributed by atoms with van der Waals surface area (Å²) in [5.74, 6) is 0.704. The molecule has 0 amide bonds. The molecular formula is C14H10BrN3OS. The van der Waals surface area contributed by atoms with Crippen molar-refractivity contribution >= 4 is 33.6 Å². The Hall–Kier alpha value is -1.79. The van der Waals surface area contributed by atoms with E-state index in [-0.39, 0.29) is 0 Å². The molecule has 20 heavy (non-hydrogen) atoms. The molecule has 0 bridgehead atoms. The van der Waals surface area contributed by atoms with E-state index in [0.29, 0.717) is 17.1 Å². The number of hydrogen-bond donors (Lipinski definition) is 0. The zero-order valence-corrected chi connectivity index (χ0v) is 13.0. The molecular weight excluding hydrogens is 338 g/mol. The van der Waals surface area contributed by atoms with Crippen molar-refractivity contribution in [3.05, 3.63) is 51.6 Å². The smallest absolute Gasteiger partial charge is 0.153 e. The number of thiophene rings is 1. The van der Waals surface area contributed by atoms with Crippen LogP contribution in [0.25, 0.3) is 16.4 Å². The first-order valence-corrected chi connectivity index (χ1v) is 7.57. The van der Waals surface area contributed by atoms with Crippen molar-refractivity contribution in [1.29, 1.82) is 0 Å². The molecule has 3 aromatic rings. The molecule has 0 aliphatic rings. The molecule has 3 heterocycles. The Kier molecular flexibility index (Phi) is 3.50. The van der Waals surface area contributed by atoms with Crippen LogP contribution in [0, 0.1) is 6.92 Å². The Bertz CT molecular complexity index is 778. The molecule has 4 nitrogen and oxygen atoms in total. The van der Waals surface area contributed by atoms with E-state index in [1.54, 1.807) is 28.4 Å². The minimum absolute atomic E-state index is 0.558. The molecule has 0 aromatic carbocycles. The molecule has 0 fully saturated rings. The van der Waals surface area contributed by atoms with Crippen molar-refractivity contribution < 1.29 is 4.79 Å². The number of aryl methyl sites for hydroxylation is 1. The zero-order valence-electron chi connectivity index (χ0n) is 10.6. The van der Waals surface area contributed by atoms with Crippen molar-refractivity contribution in [3.8, 4) is 16.4 Å². The third-order valence-electron chi connectivity index (χ3n) is 2.81. The van der Waals surface area contributed by atoms with Crippen LogP contribution in [0.15, 0.2) is 40.4 Å². The fourth-order valence-corrected chi connectivity index (χ4v) is 3.30. The topological polar surface area (TPSA) is 47.8 Å². The van der Waals surface area contributed by atoms with Gasteiger partial charge in [-0.1, -0.05) is 0 Å². The SMILES string of the molecule is Cc1ccnc(-n2cc(C=O)c(-c3cc(Br)cs3)n2)c1. The lowest BCUT2D eigenvalue weighted by molar-refractivity contribution is 0.112. The molecule has 0 saturated heterocycles. The maximum absolute atomic E-state index is 11.2. The van der Waals surface area contributed by atoms with Gasteiger partial charge in [-0.2, -0.15) is 5.10 Å². The van der Waals surface area contributed by atoms with Crippen LogP contribution in [0.1, 0.15) is 15.9 Å². The number of halogens is 1. The van der Waals surface area contributed by atoms with E-state index in [1.807, 2.05) is 30.5 Å². The van der Waals surface area contributed by atoms with E-state index in [2.05, 4.69) is 26.0 Å². The highest BCUT2D eigenvalue weighted by Crippen LogP contribution is 2.31. The van der Waals surface area contributed by atoms with Crippen LogP contribution in [-0.4, -0.2) is 21.1 Å². The molecule has 0 saturated carbocycles.